The molecular formula is C14H16N4O. The van der Waals surface area contributed by atoms with E-state index in [4.69, 9.17) is 10.2 Å². The summed E-state index contributed by atoms with van der Waals surface area (Å²) in [6.45, 7) is 2.65. The van der Waals surface area contributed by atoms with Crippen LogP contribution in [0.25, 0.3) is 22.2 Å². The fraction of sp³-hybridized carbons (Fsp3) is 0.286. The zero-order valence-electron chi connectivity index (χ0n) is 11.1. The monoisotopic (exact) mass is 256 g/mol. The van der Waals surface area contributed by atoms with E-state index in [9.17, 15) is 0 Å². The van der Waals surface area contributed by atoms with Crippen LogP contribution >= 0.6 is 0 Å². The van der Waals surface area contributed by atoms with Gasteiger partial charge in [0.15, 0.2) is 12.0 Å². The van der Waals surface area contributed by atoms with Crippen molar-refractivity contribution < 1.29 is 4.42 Å². The van der Waals surface area contributed by atoms with Crippen molar-refractivity contribution in [2.75, 3.05) is 6.54 Å². The molecule has 0 aliphatic carbocycles. The summed E-state index contributed by atoms with van der Waals surface area (Å²) < 4.78 is 7.26. The molecule has 5 heteroatoms. The van der Waals surface area contributed by atoms with Gasteiger partial charge in [0.25, 0.3) is 0 Å². The zero-order chi connectivity index (χ0) is 13.4. The minimum atomic E-state index is 0.591. The number of nitrogens with two attached hydrogens (primary N) is 1. The number of hydrogen-bond acceptors (Lipinski definition) is 4. The van der Waals surface area contributed by atoms with Crippen molar-refractivity contribution in [2.24, 2.45) is 12.8 Å². The third kappa shape index (κ3) is 1.92. The second kappa shape index (κ2) is 4.51. The molecule has 1 aromatic carbocycles. The number of nitrogens with zero attached hydrogens (tertiary/aromatic N) is 3. The third-order valence-electron chi connectivity index (χ3n) is 3.41. The highest BCUT2D eigenvalue weighted by atomic mass is 16.3. The van der Waals surface area contributed by atoms with E-state index in [1.165, 1.54) is 6.39 Å². The van der Waals surface area contributed by atoms with Crippen molar-refractivity contribution in [3.8, 4) is 11.1 Å². The van der Waals surface area contributed by atoms with Crippen molar-refractivity contribution in [1.29, 1.82) is 0 Å². The second-order valence-corrected chi connectivity index (χ2v) is 4.60. The Morgan fingerprint density at radius 1 is 1.37 bits per heavy atom. The van der Waals surface area contributed by atoms with E-state index in [0.29, 0.717) is 6.54 Å². The van der Waals surface area contributed by atoms with Crippen LogP contribution < -0.4 is 5.73 Å². The van der Waals surface area contributed by atoms with Gasteiger partial charge in [-0.1, -0.05) is 6.07 Å². The Morgan fingerprint density at radius 2 is 2.21 bits per heavy atom. The molecular weight excluding hydrogens is 240 g/mol. The molecule has 0 spiro atoms. The van der Waals surface area contributed by atoms with Crippen molar-refractivity contribution in [3.05, 3.63) is 36.0 Å². The van der Waals surface area contributed by atoms with E-state index in [1.807, 2.05) is 23.9 Å². The van der Waals surface area contributed by atoms with Crippen LogP contribution in [0.4, 0.5) is 0 Å². The van der Waals surface area contributed by atoms with Gasteiger partial charge in [-0.3, -0.25) is 4.68 Å². The van der Waals surface area contributed by atoms with Crippen LogP contribution in [0.15, 0.2) is 29.0 Å². The molecule has 19 heavy (non-hydrogen) atoms. The Morgan fingerprint density at radius 3 is 3.00 bits per heavy atom. The number of hydrogen-bond donors (Lipinski definition) is 1. The number of aromatic nitrogens is 3. The van der Waals surface area contributed by atoms with Crippen LogP contribution in [0.2, 0.25) is 0 Å². The van der Waals surface area contributed by atoms with Gasteiger partial charge in [-0.25, -0.2) is 4.98 Å². The van der Waals surface area contributed by atoms with Crippen LogP contribution in [0.3, 0.4) is 0 Å². The first-order chi connectivity index (χ1) is 9.20. The summed E-state index contributed by atoms with van der Waals surface area (Å²) in [5.74, 6) is 0. The highest BCUT2D eigenvalue weighted by Crippen LogP contribution is 2.29. The molecule has 3 rings (SSSR count). The van der Waals surface area contributed by atoms with E-state index in [-0.39, 0.29) is 0 Å². The van der Waals surface area contributed by atoms with Crippen LogP contribution in [0.1, 0.15) is 11.4 Å². The number of rotatable bonds is 3. The van der Waals surface area contributed by atoms with Crippen LogP contribution in [-0.4, -0.2) is 21.3 Å². The van der Waals surface area contributed by atoms with Crippen molar-refractivity contribution >= 4 is 11.1 Å². The third-order valence-corrected chi connectivity index (χ3v) is 3.41. The molecule has 0 aliphatic rings. The zero-order valence-corrected chi connectivity index (χ0v) is 11.1. The Hall–Kier alpha value is -2.14. The van der Waals surface area contributed by atoms with E-state index in [2.05, 4.69) is 23.1 Å². The van der Waals surface area contributed by atoms with Crippen molar-refractivity contribution in [1.82, 2.24) is 14.8 Å². The highest BCUT2D eigenvalue weighted by molar-refractivity contribution is 5.81. The molecule has 0 saturated carbocycles. The van der Waals surface area contributed by atoms with Gasteiger partial charge in [0, 0.05) is 24.7 Å². The standard InChI is InChI=1S/C14H16N4O/c1-9-14(12(5-6-15)17-18(9)2)10-3-4-11-13(7-10)19-8-16-11/h3-4,7-8H,5-6,15H2,1-2H3. The minimum Gasteiger partial charge on any atom is -0.443 e. The predicted octanol–water partition coefficient (Wildman–Crippen LogP) is 2.04. The highest BCUT2D eigenvalue weighted by Gasteiger charge is 2.15. The fourth-order valence-electron chi connectivity index (χ4n) is 2.37. The molecule has 0 aliphatic heterocycles. The van der Waals surface area contributed by atoms with Gasteiger partial charge >= 0.3 is 0 Å². The summed E-state index contributed by atoms with van der Waals surface area (Å²) in [7, 11) is 1.95. The smallest absolute Gasteiger partial charge is 0.181 e. The molecule has 2 aromatic heterocycles. The van der Waals surface area contributed by atoms with Crippen LogP contribution in [0, 0.1) is 6.92 Å². The molecule has 2 heterocycles. The molecule has 3 aromatic rings. The number of benzene rings is 1. The number of fused-ring (bicyclic) bond motifs is 1. The lowest BCUT2D eigenvalue weighted by atomic mass is 10.0. The fourth-order valence-corrected chi connectivity index (χ4v) is 2.37. The SMILES string of the molecule is Cc1c(-c2ccc3ncoc3c2)c(CCN)nn1C. The van der Waals surface area contributed by atoms with Crippen molar-refractivity contribution in [3.63, 3.8) is 0 Å². The lowest BCUT2D eigenvalue weighted by molar-refractivity contribution is 0.602. The quantitative estimate of drug-likeness (QED) is 0.778. The van der Waals surface area contributed by atoms with Gasteiger partial charge in [0.05, 0.1) is 5.69 Å². The topological polar surface area (TPSA) is 69.9 Å². The Labute approximate surface area is 111 Å². The summed E-state index contributed by atoms with van der Waals surface area (Å²) in [5, 5.41) is 4.53. The summed E-state index contributed by atoms with van der Waals surface area (Å²) in [5.41, 5.74) is 11.7. The average Bonchev–Trinajstić information content (AvgIpc) is 2.95. The molecule has 5 nitrogen and oxygen atoms in total. The molecule has 0 atom stereocenters. The first kappa shape index (κ1) is 11.9. The largest absolute Gasteiger partial charge is 0.443 e. The van der Waals surface area contributed by atoms with Gasteiger partial charge < -0.3 is 10.2 Å². The van der Waals surface area contributed by atoms with Gasteiger partial charge in [0.2, 0.25) is 0 Å². The maximum Gasteiger partial charge on any atom is 0.181 e. The second-order valence-electron chi connectivity index (χ2n) is 4.60. The maximum absolute atomic E-state index is 5.66. The number of oxazole rings is 1. The lowest BCUT2D eigenvalue weighted by Crippen LogP contribution is -2.04. The molecule has 0 amide bonds. The Balaban J connectivity index is 2.19. The summed E-state index contributed by atoms with van der Waals surface area (Å²) >= 11 is 0. The van der Waals surface area contributed by atoms with E-state index < -0.39 is 0 Å². The van der Waals surface area contributed by atoms with E-state index >= 15 is 0 Å². The number of aryl methyl sites for hydroxylation is 1. The summed E-state index contributed by atoms with van der Waals surface area (Å²) in [6.07, 6.45) is 2.23. The first-order valence-electron chi connectivity index (χ1n) is 6.27. The molecule has 0 unspecified atom stereocenters. The van der Waals surface area contributed by atoms with E-state index in [0.717, 1.165) is 40.0 Å². The Kier molecular flexibility index (Phi) is 2.83. The Bertz CT molecular complexity index is 726. The van der Waals surface area contributed by atoms with Crippen LogP contribution in [-0.2, 0) is 13.5 Å². The van der Waals surface area contributed by atoms with Crippen LogP contribution in [0.5, 0.6) is 0 Å². The van der Waals surface area contributed by atoms with Gasteiger partial charge in [-0.05, 0) is 31.2 Å². The lowest BCUT2D eigenvalue weighted by Gasteiger charge is -2.03. The van der Waals surface area contributed by atoms with Gasteiger partial charge in [-0.2, -0.15) is 5.10 Å². The summed E-state index contributed by atoms with van der Waals surface area (Å²) in [4.78, 5) is 4.13. The van der Waals surface area contributed by atoms with E-state index in [1.54, 1.807) is 0 Å². The predicted molar refractivity (Wildman–Crippen MR) is 73.7 cm³/mol. The molecule has 0 saturated heterocycles. The molecule has 0 fully saturated rings. The molecule has 0 radical (unpaired) electrons. The minimum absolute atomic E-state index is 0.591. The molecule has 0 bridgehead atoms. The van der Waals surface area contributed by atoms with Gasteiger partial charge in [0.1, 0.15) is 5.52 Å². The molecule has 2 N–H and O–H groups in total. The maximum atomic E-state index is 5.66. The summed E-state index contributed by atoms with van der Waals surface area (Å²) in [6, 6.07) is 6.02. The first-order valence-corrected chi connectivity index (χ1v) is 6.27. The van der Waals surface area contributed by atoms with Crippen molar-refractivity contribution in [2.45, 2.75) is 13.3 Å². The average molecular weight is 256 g/mol. The van der Waals surface area contributed by atoms with Gasteiger partial charge in [-0.15, -0.1) is 0 Å². The normalized spacial score (nSPS) is 11.3. The molecule has 98 valence electrons.